The van der Waals surface area contributed by atoms with Crippen molar-refractivity contribution in [2.45, 2.75) is 33.7 Å². The molecule has 4 rings (SSSR count). The second kappa shape index (κ2) is 6.78. The van der Waals surface area contributed by atoms with Crippen LogP contribution in [0.3, 0.4) is 0 Å². The summed E-state index contributed by atoms with van der Waals surface area (Å²) in [5.41, 5.74) is 2.38. The Balaban J connectivity index is 2.05. The van der Waals surface area contributed by atoms with E-state index in [0.29, 0.717) is 23.5 Å². The lowest BCUT2D eigenvalue weighted by molar-refractivity contribution is 0.153. The molecule has 3 aromatic heterocycles. The Morgan fingerprint density at radius 2 is 1.89 bits per heavy atom. The Morgan fingerprint density at radius 1 is 1.14 bits per heavy atom. The second-order valence-electron chi connectivity index (χ2n) is 6.50. The zero-order valence-electron chi connectivity index (χ0n) is 15.6. The van der Waals surface area contributed by atoms with Crippen LogP contribution in [-0.2, 0) is 6.54 Å². The number of halogens is 3. The Hall–Kier alpha value is -3.16. The number of nitrogens with zero attached hydrogens (tertiary/aromatic N) is 5. The number of hydrogen-bond donors (Lipinski definition) is 0. The number of benzene rings is 1. The van der Waals surface area contributed by atoms with Crippen LogP contribution in [0.25, 0.3) is 28.0 Å². The number of aromatic nitrogens is 5. The van der Waals surface area contributed by atoms with Gasteiger partial charge in [0.15, 0.2) is 5.65 Å². The van der Waals surface area contributed by atoms with Crippen molar-refractivity contribution in [3.63, 3.8) is 0 Å². The monoisotopic (exact) mass is 385 g/mol. The molecule has 0 amide bonds. The highest BCUT2D eigenvalue weighted by Gasteiger charge is 2.23. The van der Waals surface area contributed by atoms with Gasteiger partial charge in [-0.1, -0.05) is 12.1 Å². The lowest BCUT2D eigenvalue weighted by Gasteiger charge is -2.09. The molecule has 0 atom stereocenters. The molecule has 28 heavy (non-hydrogen) atoms. The van der Waals surface area contributed by atoms with E-state index in [1.54, 1.807) is 29.9 Å². The fourth-order valence-electron chi connectivity index (χ4n) is 3.44. The third-order valence-electron chi connectivity index (χ3n) is 4.84. The van der Waals surface area contributed by atoms with E-state index >= 15 is 0 Å². The van der Waals surface area contributed by atoms with E-state index < -0.39 is 12.2 Å². The molecule has 0 saturated heterocycles. The summed E-state index contributed by atoms with van der Waals surface area (Å²) in [7, 11) is 0. The van der Waals surface area contributed by atoms with Gasteiger partial charge in [0.2, 0.25) is 0 Å². The average molecular weight is 385 g/mol. The highest BCUT2D eigenvalue weighted by molar-refractivity contribution is 5.86. The molecule has 0 aliphatic rings. The molecule has 144 valence electrons. The SMILES string of the molecule is CCn1ncc(-c2cc(C(F)F)c3c(C)nn(-c4ccccc4F)c3n2)c1C. The molecule has 0 spiro atoms. The van der Waals surface area contributed by atoms with Crippen molar-refractivity contribution in [3.05, 3.63) is 59.3 Å². The smallest absolute Gasteiger partial charge is 0.264 e. The van der Waals surface area contributed by atoms with E-state index in [0.717, 1.165) is 5.69 Å². The van der Waals surface area contributed by atoms with Crippen LogP contribution in [0.4, 0.5) is 13.2 Å². The van der Waals surface area contributed by atoms with Gasteiger partial charge in [-0.15, -0.1) is 0 Å². The minimum atomic E-state index is -2.72. The Labute approximate surface area is 159 Å². The standard InChI is InChI=1S/C20H18F3N5/c1-4-27-12(3)14(10-24-27)16-9-13(19(22)23)18-11(2)26-28(20(18)25-16)17-8-6-5-7-15(17)21/h5-10,19H,4H2,1-3H3. The molecular weight excluding hydrogens is 367 g/mol. The van der Waals surface area contributed by atoms with Crippen LogP contribution in [0.15, 0.2) is 36.5 Å². The summed E-state index contributed by atoms with van der Waals surface area (Å²) in [5, 5.41) is 8.81. The first-order valence-corrected chi connectivity index (χ1v) is 8.88. The molecule has 0 N–H and O–H groups in total. The second-order valence-corrected chi connectivity index (χ2v) is 6.50. The van der Waals surface area contributed by atoms with Crippen molar-refractivity contribution in [1.82, 2.24) is 24.5 Å². The topological polar surface area (TPSA) is 48.5 Å². The highest BCUT2D eigenvalue weighted by atomic mass is 19.3. The number of alkyl halides is 2. The first kappa shape index (κ1) is 18.2. The maximum Gasteiger partial charge on any atom is 0.264 e. The Bertz CT molecular complexity index is 1180. The maximum atomic E-state index is 14.4. The zero-order valence-corrected chi connectivity index (χ0v) is 15.6. The molecule has 0 saturated carbocycles. The van der Waals surface area contributed by atoms with Crippen LogP contribution >= 0.6 is 0 Å². The van der Waals surface area contributed by atoms with Gasteiger partial charge >= 0.3 is 0 Å². The predicted octanol–water partition coefficient (Wildman–Crippen LogP) is 5.00. The van der Waals surface area contributed by atoms with Gasteiger partial charge in [0, 0.05) is 23.4 Å². The molecule has 4 aromatic rings. The van der Waals surface area contributed by atoms with E-state index in [9.17, 15) is 13.2 Å². The first-order chi connectivity index (χ1) is 13.4. The number of fused-ring (bicyclic) bond motifs is 1. The van der Waals surface area contributed by atoms with Crippen molar-refractivity contribution in [2.24, 2.45) is 0 Å². The lowest BCUT2D eigenvalue weighted by atomic mass is 10.1. The van der Waals surface area contributed by atoms with Gasteiger partial charge in [-0.3, -0.25) is 4.68 Å². The van der Waals surface area contributed by atoms with Crippen LogP contribution in [0, 0.1) is 19.7 Å². The number of rotatable bonds is 4. The molecule has 0 aliphatic carbocycles. The van der Waals surface area contributed by atoms with Crippen molar-refractivity contribution < 1.29 is 13.2 Å². The highest BCUT2D eigenvalue weighted by Crippen LogP contribution is 2.35. The van der Waals surface area contributed by atoms with Gasteiger partial charge in [-0.2, -0.15) is 10.2 Å². The van der Waals surface area contributed by atoms with Gasteiger partial charge in [-0.05, 0) is 39.0 Å². The van der Waals surface area contributed by atoms with Crippen LogP contribution in [0.1, 0.15) is 30.3 Å². The van der Waals surface area contributed by atoms with Crippen LogP contribution in [0.5, 0.6) is 0 Å². The predicted molar refractivity (Wildman–Crippen MR) is 100 cm³/mol. The summed E-state index contributed by atoms with van der Waals surface area (Å²) in [4.78, 5) is 4.58. The minimum Gasteiger partial charge on any atom is -0.269 e. The summed E-state index contributed by atoms with van der Waals surface area (Å²) >= 11 is 0. The maximum absolute atomic E-state index is 14.4. The average Bonchev–Trinajstić information content (AvgIpc) is 3.21. The van der Waals surface area contributed by atoms with Gasteiger partial charge in [0.05, 0.1) is 23.0 Å². The molecule has 0 aliphatic heterocycles. The summed E-state index contributed by atoms with van der Waals surface area (Å²) in [6.07, 6.45) is -1.11. The summed E-state index contributed by atoms with van der Waals surface area (Å²) < 4.78 is 45.2. The summed E-state index contributed by atoms with van der Waals surface area (Å²) in [6.45, 7) is 6.08. The van der Waals surface area contributed by atoms with Gasteiger partial charge in [0.25, 0.3) is 6.43 Å². The van der Waals surface area contributed by atoms with E-state index in [1.807, 2.05) is 13.8 Å². The number of aryl methyl sites for hydroxylation is 2. The fraction of sp³-hybridized carbons (Fsp3) is 0.250. The first-order valence-electron chi connectivity index (χ1n) is 8.88. The third kappa shape index (κ3) is 2.76. The third-order valence-corrected chi connectivity index (χ3v) is 4.84. The zero-order chi connectivity index (χ0) is 20.0. The molecule has 0 fully saturated rings. The van der Waals surface area contributed by atoms with Crippen LogP contribution in [-0.4, -0.2) is 24.5 Å². The largest absolute Gasteiger partial charge is 0.269 e. The molecule has 3 heterocycles. The molecular formula is C20H18F3N5. The van der Waals surface area contributed by atoms with Gasteiger partial charge in [0.1, 0.15) is 11.5 Å². The van der Waals surface area contributed by atoms with Crippen molar-refractivity contribution in [3.8, 4) is 16.9 Å². The van der Waals surface area contributed by atoms with E-state index in [1.165, 1.54) is 22.9 Å². The van der Waals surface area contributed by atoms with Crippen molar-refractivity contribution >= 4 is 11.0 Å². The Morgan fingerprint density at radius 3 is 2.54 bits per heavy atom. The number of hydrogen-bond acceptors (Lipinski definition) is 3. The summed E-state index contributed by atoms with van der Waals surface area (Å²) in [6, 6.07) is 7.43. The lowest BCUT2D eigenvalue weighted by Crippen LogP contribution is -2.02. The molecule has 5 nitrogen and oxygen atoms in total. The van der Waals surface area contributed by atoms with Crippen LogP contribution in [0.2, 0.25) is 0 Å². The Kier molecular flexibility index (Phi) is 4.41. The quantitative estimate of drug-likeness (QED) is 0.497. The molecule has 8 heteroatoms. The van der Waals surface area contributed by atoms with Crippen LogP contribution < -0.4 is 0 Å². The van der Waals surface area contributed by atoms with Gasteiger partial charge in [-0.25, -0.2) is 22.8 Å². The van der Waals surface area contributed by atoms with Gasteiger partial charge < -0.3 is 0 Å². The van der Waals surface area contributed by atoms with Crippen molar-refractivity contribution in [2.75, 3.05) is 0 Å². The van der Waals surface area contributed by atoms with Crippen molar-refractivity contribution in [1.29, 1.82) is 0 Å². The molecule has 0 radical (unpaired) electrons. The minimum absolute atomic E-state index is 0.159. The molecule has 0 bridgehead atoms. The summed E-state index contributed by atoms with van der Waals surface area (Å²) in [5.74, 6) is -0.507. The van der Waals surface area contributed by atoms with E-state index in [-0.39, 0.29) is 22.3 Å². The number of pyridine rings is 1. The number of para-hydroxylation sites is 1. The molecule has 0 unspecified atom stereocenters. The molecule has 1 aromatic carbocycles. The fourth-order valence-corrected chi connectivity index (χ4v) is 3.44. The van der Waals surface area contributed by atoms with E-state index in [2.05, 4.69) is 15.2 Å². The normalized spacial score (nSPS) is 11.7. The van der Waals surface area contributed by atoms with E-state index in [4.69, 9.17) is 0 Å².